The number of benzene rings is 2. The van der Waals surface area contributed by atoms with Gasteiger partial charge in [-0.05, 0) is 25.5 Å². The molecule has 2 aromatic carbocycles. The minimum Gasteiger partial charge on any atom is -0.493 e. The number of hydrogen-bond donors (Lipinski definition) is 1. The van der Waals surface area contributed by atoms with Gasteiger partial charge in [-0.3, -0.25) is 0 Å². The van der Waals surface area contributed by atoms with Crippen LogP contribution in [0.5, 0.6) is 23.0 Å². The molecule has 0 saturated carbocycles. The number of rotatable bonds is 10. The molecule has 2 aromatic heterocycles. The van der Waals surface area contributed by atoms with Crippen LogP contribution >= 0.6 is 11.6 Å². The first-order valence-corrected chi connectivity index (χ1v) is 11.1. The summed E-state index contributed by atoms with van der Waals surface area (Å²) >= 11 is 6.07. The van der Waals surface area contributed by atoms with Gasteiger partial charge in [0, 0.05) is 29.1 Å². The van der Waals surface area contributed by atoms with Crippen molar-refractivity contribution in [1.82, 2.24) is 15.0 Å². The minimum absolute atomic E-state index is 0.456. The van der Waals surface area contributed by atoms with Crippen LogP contribution in [0, 0.1) is 6.92 Å². The van der Waals surface area contributed by atoms with E-state index in [1.807, 2.05) is 31.2 Å². The van der Waals surface area contributed by atoms with E-state index in [1.165, 1.54) is 0 Å². The average Bonchev–Trinajstić information content (AvgIpc) is 3.48. The molecule has 2 heterocycles. The van der Waals surface area contributed by atoms with Crippen molar-refractivity contribution >= 4 is 11.6 Å². The standard InChI is InChI=1S/C25H26ClN3O5/c1-15-27-14-19(28-15)25-29-23(16-7-9-17(26)10-8-16)20(34-25)6-5-11-33-18-12-21(30-2)24(32-4)22(13-18)31-3/h7-10,12-14H,5-6,11H2,1-4H3,(H,27,28). The van der Waals surface area contributed by atoms with Crippen LogP contribution in [0.2, 0.25) is 5.02 Å². The zero-order valence-corrected chi connectivity index (χ0v) is 20.2. The zero-order chi connectivity index (χ0) is 24.1. The Kier molecular flexibility index (Phi) is 7.27. The Hall–Kier alpha value is -3.65. The second-order valence-electron chi connectivity index (χ2n) is 7.49. The van der Waals surface area contributed by atoms with Gasteiger partial charge in [-0.2, -0.15) is 0 Å². The first kappa shape index (κ1) is 23.5. The van der Waals surface area contributed by atoms with Gasteiger partial charge in [0.05, 0.1) is 34.1 Å². The first-order valence-electron chi connectivity index (χ1n) is 10.7. The number of ether oxygens (including phenoxy) is 4. The lowest BCUT2D eigenvalue weighted by atomic mass is 10.1. The Morgan fingerprint density at radius 3 is 2.29 bits per heavy atom. The third-order valence-electron chi connectivity index (χ3n) is 5.20. The Morgan fingerprint density at radius 2 is 1.71 bits per heavy atom. The quantitative estimate of drug-likeness (QED) is 0.288. The first-order chi connectivity index (χ1) is 16.5. The Balaban J connectivity index is 1.50. The number of nitrogens with zero attached hydrogens (tertiary/aromatic N) is 2. The highest BCUT2D eigenvalue weighted by Crippen LogP contribution is 2.41. The fourth-order valence-corrected chi connectivity index (χ4v) is 3.69. The number of hydrogen-bond acceptors (Lipinski definition) is 7. The van der Waals surface area contributed by atoms with Crippen molar-refractivity contribution in [1.29, 1.82) is 0 Å². The van der Waals surface area contributed by atoms with Crippen molar-refractivity contribution in [3.63, 3.8) is 0 Å². The van der Waals surface area contributed by atoms with E-state index in [4.69, 9.17) is 39.9 Å². The molecule has 0 unspecified atom stereocenters. The Labute approximate surface area is 202 Å². The molecule has 178 valence electrons. The van der Waals surface area contributed by atoms with E-state index < -0.39 is 0 Å². The molecule has 0 atom stereocenters. The molecule has 1 N–H and O–H groups in total. The van der Waals surface area contributed by atoms with Crippen LogP contribution in [0.25, 0.3) is 22.8 Å². The van der Waals surface area contributed by atoms with Gasteiger partial charge in [-0.25, -0.2) is 9.97 Å². The third-order valence-corrected chi connectivity index (χ3v) is 5.46. The molecular weight excluding hydrogens is 458 g/mol. The predicted molar refractivity (Wildman–Crippen MR) is 129 cm³/mol. The monoisotopic (exact) mass is 483 g/mol. The minimum atomic E-state index is 0.456. The van der Waals surface area contributed by atoms with E-state index in [2.05, 4.69) is 9.97 Å². The Bertz CT molecular complexity index is 1220. The summed E-state index contributed by atoms with van der Waals surface area (Å²) in [6, 6.07) is 11.1. The SMILES string of the molecule is COc1cc(OCCCc2oc(-c3cnc(C)[nH]3)nc2-c2ccc(Cl)cc2)cc(OC)c1OC. The van der Waals surface area contributed by atoms with Crippen LogP contribution in [0.3, 0.4) is 0 Å². The van der Waals surface area contributed by atoms with Crippen molar-refractivity contribution in [3.8, 4) is 45.8 Å². The molecule has 9 heteroatoms. The summed E-state index contributed by atoms with van der Waals surface area (Å²) in [6.45, 7) is 2.34. The van der Waals surface area contributed by atoms with Crippen LogP contribution < -0.4 is 18.9 Å². The summed E-state index contributed by atoms with van der Waals surface area (Å²) in [6.07, 6.45) is 3.04. The summed E-state index contributed by atoms with van der Waals surface area (Å²) in [5, 5.41) is 0.664. The fraction of sp³-hybridized carbons (Fsp3) is 0.280. The zero-order valence-electron chi connectivity index (χ0n) is 19.5. The van der Waals surface area contributed by atoms with Crippen molar-refractivity contribution in [2.45, 2.75) is 19.8 Å². The van der Waals surface area contributed by atoms with Gasteiger partial charge >= 0.3 is 0 Å². The van der Waals surface area contributed by atoms with Gasteiger partial charge in [0.2, 0.25) is 11.6 Å². The second kappa shape index (κ2) is 10.5. The van der Waals surface area contributed by atoms with Crippen LogP contribution in [-0.2, 0) is 6.42 Å². The van der Waals surface area contributed by atoms with Crippen LogP contribution in [0.4, 0.5) is 0 Å². The van der Waals surface area contributed by atoms with E-state index in [0.717, 1.165) is 28.5 Å². The smallest absolute Gasteiger partial charge is 0.245 e. The van der Waals surface area contributed by atoms with Crippen molar-refractivity contribution < 1.29 is 23.4 Å². The number of nitrogens with one attached hydrogen (secondary N) is 1. The van der Waals surface area contributed by atoms with Gasteiger partial charge in [-0.1, -0.05) is 23.7 Å². The van der Waals surface area contributed by atoms with E-state index in [1.54, 1.807) is 39.7 Å². The molecule has 4 rings (SSSR count). The number of halogens is 1. The molecule has 0 amide bonds. The van der Waals surface area contributed by atoms with E-state index in [9.17, 15) is 0 Å². The lowest BCUT2D eigenvalue weighted by Crippen LogP contribution is -2.01. The topological polar surface area (TPSA) is 91.6 Å². The molecule has 0 aliphatic carbocycles. The third kappa shape index (κ3) is 5.12. The molecule has 0 aliphatic rings. The maximum absolute atomic E-state index is 6.13. The van der Waals surface area contributed by atoms with E-state index >= 15 is 0 Å². The number of H-pyrrole nitrogens is 1. The highest BCUT2D eigenvalue weighted by Gasteiger charge is 2.18. The van der Waals surface area contributed by atoms with E-state index in [0.29, 0.717) is 53.4 Å². The van der Waals surface area contributed by atoms with Gasteiger partial charge < -0.3 is 28.3 Å². The van der Waals surface area contributed by atoms with Crippen LogP contribution in [-0.4, -0.2) is 42.9 Å². The molecule has 0 fully saturated rings. The maximum atomic E-state index is 6.13. The Morgan fingerprint density at radius 1 is 1.00 bits per heavy atom. The van der Waals surface area contributed by atoms with Crippen LogP contribution in [0.15, 0.2) is 47.0 Å². The summed E-state index contributed by atoms with van der Waals surface area (Å²) in [5.41, 5.74) is 2.43. The van der Waals surface area contributed by atoms with Gasteiger partial charge in [0.1, 0.15) is 28.7 Å². The fourth-order valence-electron chi connectivity index (χ4n) is 3.56. The number of oxazole rings is 1. The normalized spacial score (nSPS) is 10.9. The van der Waals surface area contributed by atoms with Crippen molar-refractivity contribution in [3.05, 3.63) is 59.2 Å². The predicted octanol–water partition coefficient (Wildman–Crippen LogP) is 5.73. The van der Waals surface area contributed by atoms with Crippen molar-refractivity contribution in [2.24, 2.45) is 0 Å². The molecule has 0 saturated heterocycles. The lowest BCUT2D eigenvalue weighted by Gasteiger charge is -2.14. The molecule has 4 aromatic rings. The molecular formula is C25H26ClN3O5. The summed E-state index contributed by atoms with van der Waals surface area (Å²) in [5.74, 6) is 4.27. The summed E-state index contributed by atoms with van der Waals surface area (Å²) in [4.78, 5) is 12.1. The van der Waals surface area contributed by atoms with E-state index in [-0.39, 0.29) is 0 Å². The highest BCUT2D eigenvalue weighted by atomic mass is 35.5. The van der Waals surface area contributed by atoms with Gasteiger partial charge in [-0.15, -0.1) is 0 Å². The maximum Gasteiger partial charge on any atom is 0.245 e. The molecule has 0 bridgehead atoms. The lowest BCUT2D eigenvalue weighted by molar-refractivity contribution is 0.292. The molecule has 0 radical (unpaired) electrons. The number of aromatic nitrogens is 3. The second-order valence-corrected chi connectivity index (χ2v) is 7.93. The number of imidazole rings is 1. The highest BCUT2D eigenvalue weighted by molar-refractivity contribution is 6.30. The van der Waals surface area contributed by atoms with Gasteiger partial charge in [0.25, 0.3) is 0 Å². The largest absolute Gasteiger partial charge is 0.493 e. The molecule has 8 nitrogen and oxygen atoms in total. The summed E-state index contributed by atoms with van der Waals surface area (Å²) in [7, 11) is 4.71. The average molecular weight is 484 g/mol. The number of aromatic amines is 1. The molecule has 0 spiro atoms. The van der Waals surface area contributed by atoms with Crippen LogP contribution in [0.1, 0.15) is 18.0 Å². The number of methoxy groups -OCH3 is 3. The summed E-state index contributed by atoms with van der Waals surface area (Å²) < 4.78 is 28.2. The molecule has 0 aliphatic heterocycles. The number of aryl methyl sites for hydroxylation is 2. The van der Waals surface area contributed by atoms with Gasteiger partial charge in [0.15, 0.2) is 11.5 Å². The van der Waals surface area contributed by atoms with Crippen molar-refractivity contribution in [2.75, 3.05) is 27.9 Å². The molecule has 34 heavy (non-hydrogen) atoms.